The summed E-state index contributed by atoms with van der Waals surface area (Å²) >= 11 is 6.12. The molecule has 2 aromatic rings. The maximum absolute atomic E-state index is 8.90. The third-order valence-corrected chi connectivity index (χ3v) is 3.77. The van der Waals surface area contributed by atoms with Crippen LogP contribution < -0.4 is 5.32 Å². The Morgan fingerprint density at radius 2 is 2.05 bits per heavy atom. The maximum atomic E-state index is 8.90. The van der Waals surface area contributed by atoms with Crippen molar-refractivity contribution >= 4 is 17.3 Å². The van der Waals surface area contributed by atoms with Gasteiger partial charge in [-0.05, 0) is 43.7 Å². The van der Waals surface area contributed by atoms with Gasteiger partial charge in [-0.25, -0.2) is 0 Å². The fraction of sp³-hybridized carbons (Fsp3) is 0.267. The first-order chi connectivity index (χ1) is 9.02. The predicted molar refractivity (Wildman–Crippen MR) is 78.4 cm³/mol. The fourth-order valence-electron chi connectivity index (χ4n) is 2.03. The summed E-state index contributed by atoms with van der Waals surface area (Å²) in [5.74, 6) is 0. The molecular weight excluding hydrogens is 258 g/mol. The number of anilines is 1. The molecule has 98 valence electrons. The minimum absolute atomic E-state index is 0.605. The lowest BCUT2D eigenvalue weighted by atomic mass is 10.2. The van der Waals surface area contributed by atoms with Crippen LogP contribution in [0.25, 0.3) is 0 Å². The highest BCUT2D eigenvalue weighted by atomic mass is 35.5. The smallest absolute Gasteiger partial charge is 0.0992 e. The van der Waals surface area contributed by atoms with Gasteiger partial charge in [0.25, 0.3) is 0 Å². The van der Waals surface area contributed by atoms with E-state index in [-0.39, 0.29) is 0 Å². The number of hydrogen-bond donors (Lipinski definition) is 1. The van der Waals surface area contributed by atoms with E-state index < -0.39 is 0 Å². The van der Waals surface area contributed by atoms with Crippen molar-refractivity contribution in [3.05, 3.63) is 51.8 Å². The molecule has 19 heavy (non-hydrogen) atoms. The zero-order valence-corrected chi connectivity index (χ0v) is 12.0. The Labute approximate surface area is 118 Å². The van der Waals surface area contributed by atoms with Gasteiger partial charge in [0.1, 0.15) is 0 Å². The summed E-state index contributed by atoms with van der Waals surface area (Å²) in [6.45, 7) is 4.87. The summed E-state index contributed by atoms with van der Waals surface area (Å²) in [5, 5.41) is 12.8. The molecule has 1 aromatic carbocycles. The normalized spacial score (nSPS) is 10.3. The van der Waals surface area contributed by atoms with Crippen LogP contribution in [0.2, 0.25) is 5.02 Å². The molecule has 0 radical (unpaired) electrons. The summed E-state index contributed by atoms with van der Waals surface area (Å²) in [4.78, 5) is 0. The summed E-state index contributed by atoms with van der Waals surface area (Å²) in [6.07, 6.45) is 0. The van der Waals surface area contributed by atoms with Crippen LogP contribution in [-0.4, -0.2) is 4.57 Å². The van der Waals surface area contributed by atoms with E-state index in [1.54, 1.807) is 18.2 Å². The molecule has 2 rings (SSSR count). The van der Waals surface area contributed by atoms with Crippen molar-refractivity contribution in [2.24, 2.45) is 7.05 Å². The molecular formula is C15H16ClN3. The Balaban J connectivity index is 2.19. The first-order valence-electron chi connectivity index (χ1n) is 6.08. The molecule has 0 aliphatic heterocycles. The van der Waals surface area contributed by atoms with Crippen LogP contribution in [0, 0.1) is 25.2 Å². The molecule has 0 saturated heterocycles. The van der Waals surface area contributed by atoms with Gasteiger partial charge in [-0.3, -0.25) is 0 Å². The lowest BCUT2D eigenvalue weighted by molar-refractivity contribution is 0.837. The topological polar surface area (TPSA) is 40.8 Å². The summed E-state index contributed by atoms with van der Waals surface area (Å²) in [6, 6.07) is 9.50. The van der Waals surface area contributed by atoms with Crippen LogP contribution in [0.15, 0.2) is 24.3 Å². The van der Waals surface area contributed by atoms with Gasteiger partial charge in [0.05, 0.1) is 22.3 Å². The standard InChI is InChI=1S/C15H16ClN3/c1-10-6-13(11(2)19(10)3)9-18-15-7-12(8-17)4-5-14(15)16/h4-7,18H,9H2,1-3H3. The highest BCUT2D eigenvalue weighted by molar-refractivity contribution is 6.33. The summed E-state index contributed by atoms with van der Waals surface area (Å²) in [5.41, 5.74) is 5.09. The highest BCUT2D eigenvalue weighted by Crippen LogP contribution is 2.24. The number of aryl methyl sites for hydroxylation is 1. The van der Waals surface area contributed by atoms with Gasteiger partial charge in [-0.15, -0.1) is 0 Å². The average molecular weight is 274 g/mol. The SMILES string of the molecule is Cc1cc(CNc2cc(C#N)ccc2Cl)c(C)n1C. The van der Waals surface area contributed by atoms with Gasteiger partial charge in [-0.1, -0.05) is 11.6 Å². The quantitative estimate of drug-likeness (QED) is 0.925. The van der Waals surface area contributed by atoms with Crippen LogP contribution in [0.4, 0.5) is 5.69 Å². The second-order valence-electron chi connectivity index (χ2n) is 4.62. The Morgan fingerprint density at radius 1 is 1.32 bits per heavy atom. The molecule has 4 heteroatoms. The molecule has 1 aromatic heterocycles. The number of benzene rings is 1. The zero-order chi connectivity index (χ0) is 14.0. The number of nitrogens with one attached hydrogen (secondary N) is 1. The Hall–Kier alpha value is -1.92. The monoisotopic (exact) mass is 273 g/mol. The number of hydrogen-bond acceptors (Lipinski definition) is 2. The van der Waals surface area contributed by atoms with Crippen molar-refractivity contribution in [2.45, 2.75) is 20.4 Å². The third-order valence-electron chi connectivity index (χ3n) is 3.44. The predicted octanol–water partition coefficient (Wildman–Crippen LogP) is 3.78. The zero-order valence-electron chi connectivity index (χ0n) is 11.3. The number of halogens is 1. The molecule has 0 atom stereocenters. The Kier molecular flexibility index (Phi) is 3.82. The second kappa shape index (κ2) is 5.38. The first-order valence-corrected chi connectivity index (χ1v) is 6.46. The molecule has 0 bridgehead atoms. The van der Waals surface area contributed by atoms with Crippen molar-refractivity contribution in [2.75, 3.05) is 5.32 Å². The average Bonchev–Trinajstić information content (AvgIpc) is 2.65. The van der Waals surface area contributed by atoms with Gasteiger partial charge in [-0.2, -0.15) is 5.26 Å². The number of rotatable bonds is 3. The van der Waals surface area contributed by atoms with E-state index in [4.69, 9.17) is 16.9 Å². The number of aromatic nitrogens is 1. The van der Waals surface area contributed by atoms with Crippen LogP contribution in [0.5, 0.6) is 0 Å². The number of nitrogens with zero attached hydrogens (tertiary/aromatic N) is 2. The van der Waals surface area contributed by atoms with E-state index in [0.717, 1.165) is 5.69 Å². The largest absolute Gasteiger partial charge is 0.380 e. The van der Waals surface area contributed by atoms with Crippen molar-refractivity contribution in [3.8, 4) is 6.07 Å². The minimum Gasteiger partial charge on any atom is -0.380 e. The lowest BCUT2D eigenvalue weighted by Crippen LogP contribution is -2.02. The molecule has 0 aliphatic carbocycles. The number of nitriles is 1. The molecule has 1 N–H and O–H groups in total. The van der Waals surface area contributed by atoms with Crippen molar-refractivity contribution in [1.82, 2.24) is 4.57 Å². The van der Waals surface area contributed by atoms with Crippen LogP contribution in [0.3, 0.4) is 0 Å². The van der Waals surface area contributed by atoms with E-state index >= 15 is 0 Å². The van der Waals surface area contributed by atoms with E-state index in [0.29, 0.717) is 17.1 Å². The van der Waals surface area contributed by atoms with Crippen molar-refractivity contribution in [1.29, 1.82) is 5.26 Å². The summed E-state index contributed by atoms with van der Waals surface area (Å²) in [7, 11) is 2.05. The van der Waals surface area contributed by atoms with Gasteiger partial charge >= 0.3 is 0 Å². The highest BCUT2D eigenvalue weighted by Gasteiger charge is 2.07. The summed E-state index contributed by atoms with van der Waals surface area (Å²) < 4.78 is 2.16. The third kappa shape index (κ3) is 2.74. The Morgan fingerprint density at radius 3 is 2.63 bits per heavy atom. The lowest BCUT2D eigenvalue weighted by Gasteiger charge is -2.09. The minimum atomic E-state index is 0.605. The maximum Gasteiger partial charge on any atom is 0.0992 e. The van der Waals surface area contributed by atoms with Gasteiger partial charge in [0.15, 0.2) is 0 Å². The van der Waals surface area contributed by atoms with E-state index in [2.05, 4.69) is 42.9 Å². The Bertz CT molecular complexity index is 650. The second-order valence-corrected chi connectivity index (χ2v) is 5.02. The van der Waals surface area contributed by atoms with E-state index in [1.165, 1.54) is 17.0 Å². The van der Waals surface area contributed by atoms with E-state index in [9.17, 15) is 0 Å². The van der Waals surface area contributed by atoms with E-state index in [1.807, 2.05) is 0 Å². The molecule has 0 fully saturated rings. The van der Waals surface area contributed by atoms with Gasteiger partial charge in [0, 0.05) is 25.0 Å². The van der Waals surface area contributed by atoms with Gasteiger partial charge < -0.3 is 9.88 Å². The molecule has 0 amide bonds. The van der Waals surface area contributed by atoms with Crippen LogP contribution >= 0.6 is 11.6 Å². The first kappa shape index (κ1) is 13.5. The van der Waals surface area contributed by atoms with Crippen molar-refractivity contribution < 1.29 is 0 Å². The molecule has 1 heterocycles. The molecule has 0 spiro atoms. The molecule has 0 aliphatic rings. The molecule has 3 nitrogen and oxygen atoms in total. The van der Waals surface area contributed by atoms with Crippen LogP contribution in [-0.2, 0) is 13.6 Å². The molecule has 0 saturated carbocycles. The molecule has 0 unspecified atom stereocenters. The van der Waals surface area contributed by atoms with Crippen LogP contribution in [0.1, 0.15) is 22.5 Å². The fourth-order valence-corrected chi connectivity index (χ4v) is 2.22. The van der Waals surface area contributed by atoms with Crippen molar-refractivity contribution in [3.63, 3.8) is 0 Å². The van der Waals surface area contributed by atoms with Gasteiger partial charge in [0.2, 0.25) is 0 Å².